The third kappa shape index (κ3) is 2.55. The summed E-state index contributed by atoms with van der Waals surface area (Å²) in [6, 6.07) is 7.43. The second-order valence-electron chi connectivity index (χ2n) is 4.82. The van der Waals surface area contributed by atoms with Gasteiger partial charge in [0.15, 0.2) is 0 Å². The minimum atomic E-state index is -0.0676. The summed E-state index contributed by atoms with van der Waals surface area (Å²) in [6.07, 6.45) is 2.02. The van der Waals surface area contributed by atoms with Crippen LogP contribution in [-0.2, 0) is 30.9 Å². The minimum Gasteiger partial charge on any atom is -0.390 e. The van der Waals surface area contributed by atoms with Crippen molar-refractivity contribution in [3.8, 4) is 0 Å². The van der Waals surface area contributed by atoms with Crippen LogP contribution in [0.2, 0.25) is 0 Å². The Bertz CT molecular complexity index is 609. The van der Waals surface area contributed by atoms with Crippen molar-refractivity contribution < 1.29 is 9.90 Å². The number of carbonyl (C=O) groups is 1. The van der Waals surface area contributed by atoms with Crippen LogP contribution in [0.3, 0.4) is 0 Å². The summed E-state index contributed by atoms with van der Waals surface area (Å²) in [6.45, 7) is 1.79. The molecule has 20 heavy (non-hydrogen) atoms. The van der Waals surface area contributed by atoms with Crippen molar-refractivity contribution >= 4 is 5.91 Å². The van der Waals surface area contributed by atoms with Gasteiger partial charge in [0.25, 0.3) is 0 Å². The maximum atomic E-state index is 12.3. The van der Waals surface area contributed by atoms with E-state index in [1.807, 2.05) is 33.8 Å². The Morgan fingerprint density at radius 1 is 1.30 bits per heavy atom. The van der Waals surface area contributed by atoms with Gasteiger partial charge in [-0.3, -0.25) is 14.5 Å². The van der Waals surface area contributed by atoms with Crippen molar-refractivity contribution in [1.82, 2.24) is 19.7 Å². The smallest absolute Gasteiger partial charge is 0.229 e. The Morgan fingerprint density at radius 3 is 2.95 bits per heavy atom. The Balaban J connectivity index is 1.68. The summed E-state index contributed by atoms with van der Waals surface area (Å²) < 4.78 is 1.86. The Morgan fingerprint density at radius 2 is 2.20 bits per heavy atom. The SMILES string of the molecule is O=C(Cc1ccccn1)N1CCn2nc(CO)cc2C1. The number of pyridine rings is 1. The standard InChI is InChI=1S/C14H16N4O2/c19-10-12-7-13-9-17(5-6-18(13)16-12)14(20)8-11-3-1-2-4-15-11/h1-4,7,19H,5-6,8-10H2. The van der Waals surface area contributed by atoms with Crippen molar-refractivity contribution in [1.29, 1.82) is 0 Å². The number of rotatable bonds is 3. The first-order valence-corrected chi connectivity index (χ1v) is 6.60. The van der Waals surface area contributed by atoms with Crippen molar-refractivity contribution in [2.24, 2.45) is 0 Å². The molecular formula is C14H16N4O2. The van der Waals surface area contributed by atoms with Gasteiger partial charge in [-0.25, -0.2) is 0 Å². The van der Waals surface area contributed by atoms with Crippen molar-refractivity contribution in [2.75, 3.05) is 6.54 Å². The molecule has 3 rings (SSSR count). The maximum Gasteiger partial charge on any atom is 0.229 e. The lowest BCUT2D eigenvalue weighted by Crippen LogP contribution is -2.39. The second-order valence-corrected chi connectivity index (χ2v) is 4.82. The largest absolute Gasteiger partial charge is 0.390 e. The molecule has 0 saturated carbocycles. The molecule has 1 aliphatic heterocycles. The molecule has 1 N–H and O–H groups in total. The van der Waals surface area contributed by atoms with Gasteiger partial charge in [-0.05, 0) is 18.2 Å². The fraction of sp³-hybridized carbons (Fsp3) is 0.357. The molecule has 0 bridgehead atoms. The number of aromatic nitrogens is 3. The number of hydrogen-bond acceptors (Lipinski definition) is 4. The highest BCUT2D eigenvalue weighted by atomic mass is 16.3. The zero-order valence-corrected chi connectivity index (χ0v) is 11.1. The average molecular weight is 272 g/mol. The molecule has 1 amide bonds. The van der Waals surface area contributed by atoms with E-state index in [2.05, 4.69) is 10.1 Å². The summed E-state index contributed by atoms with van der Waals surface area (Å²) in [4.78, 5) is 18.3. The molecule has 6 heteroatoms. The number of hydrogen-bond donors (Lipinski definition) is 1. The molecule has 2 aromatic rings. The van der Waals surface area contributed by atoms with Crippen LogP contribution < -0.4 is 0 Å². The molecule has 6 nitrogen and oxygen atoms in total. The lowest BCUT2D eigenvalue weighted by Gasteiger charge is -2.27. The van der Waals surface area contributed by atoms with Gasteiger partial charge in [0.05, 0.1) is 37.5 Å². The number of amides is 1. The Hall–Kier alpha value is -2.21. The van der Waals surface area contributed by atoms with Crippen LogP contribution >= 0.6 is 0 Å². The average Bonchev–Trinajstić information content (AvgIpc) is 2.90. The monoisotopic (exact) mass is 272 g/mol. The van der Waals surface area contributed by atoms with Crippen LogP contribution in [0, 0.1) is 0 Å². The first-order valence-electron chi connectivity index (χ1n) is 6.60. The molecule has 0 spiro atoms. The van der Waals surface area contributed by atoms with E-state index in [1.165, 1.54) is 0 Å². The molecule has 1 aliphatic rings. The summed E-state index contributed by atoms with van der Waals surface area (Å²) in [5.74, 6) is 0.0710. The number of fused-ring (bicyclic) bond motifs is 1. The number of aliphatic hydroxyl groups is 1. The van der Waals surface area contributed by atoms with Crippen molar-refractivity contribution in [2.45, 2.75) is 26.1 Å². The topological polar surface area (TPSA) is 71.2 Å². The van der Waals surface area contributed by atoms with Crippen molar-refractivity contribution in [3.05, 3.63) is 47.5 Å². The van der Waals surface area contributed by atoms with Gasteiger partial charge in [-0.1, -0.05) is 6.07 Å². The van der Waals surface area contributed by atoms with Gasteiger partial charge in [0, 0.05) is 18.4 Å². The summed E-state index contributed by atoms with van der Waals surface area (Å²) >= 11 is 0. The second kappa shape index (κ2) is 5.42. The fourth-order valence-electron chi connectivity index (χ4n) is 2.39. The predicted octanol–water partition coefficient (Wildman–Crippen LogP) is 0.355. The number of aliphatic hydroxyl groups excluding tert-OH is 1. The van der Waals surface area contributed by atoms with Gasteiger partial charge in [-0.15, -0.1) is 0 Å². The molecule has 0 radical (unpaired) electrons. The van der Waals surface area contributed by atoms with E-state index in [0.717, 1.165) is 11.4 Å². The molecular weight excluding hydrogens is 256 g/mol. The number of nitrogens with zero attached hydrogens (tertiary/aromatic N) is 4. The van der Waals surface area contributed by atoms with Crippen molar-refractivity contribution in [3.63, 3.8) is 0 Å². The van der Waals surface area contributed by atoms with E-state index in [4.69, 9.17) is 5.11 Å². The lowest BCUT2D eigenvalue weighted by molar-refractivity contribution is -0.132. The van der Waals surface area contributed by atoms with Crippen LogP contribution in [0.1, 0.15) is 17.1 Å². The summed E-state index contributed by atoms with van der Waals surface area (Å²) in [7, 11) is 0. The van der Waals surface area contributed by atoms with E-state index in [1.54, 1.807) is 6.20 Å². The van der Waals surface area contributed by atoms with Crippen LogP contribution in [0.5, 0.6) is 0 Å². The predicted molar refractivity (Wildman–Crippen MR) is 71.5 cm³/mol. The van der Waals surface area contributed by atoms with Crippen LogP contribution in [0.25, 0.3) is 0 Å². The highest BCUT2D eigenvalue weighted by molar-refractivity contribution is 5.78. The van der Waals surface area contributed by atoms with Gasteiger partial charge >= 0.3 is 0 Å². The van der Waals surface area contributed by atoms with Gasteiger partial charge < -0.3 is 10.0 Å². The minimum absolute atomic E-state index is 0.0676. The van der Waals surface area contributed by atoms with E-state index in [-0.39, 0.29) is 12.5 Å². The zero-order chi connectivity index (χ0) is 13.9. The van der Waals surface area contributed by atoms with Crippen LogP contribution in [0.4, 0.5) is 0 Å². The van der Waals surface area contributed by atoms with E-state index in [0.29, 0.717) is 31.7 Å². The van der Waals surface area contributed by atoms with Crippen LogP contribution in [-0.4, -0.2) is 37.2 Å². The Kier molecular flexibility index (Phi) is 3.47. The van der Waals surface area contributed by atoms with E-state index in [9.17, 15) is 4.79 Å². The lowest BCUT2D eigenvalue weighted by atomic mass is 10.2. The highest BCUT2D eigenvalue weighted by Gasteiger charge is 2.22. The molecule has 0 fully saturated rings. The first-order chi connectivity index (χ1) is 9.76. The molecule has 0 aliphatic carbocycles. The third-order valence-corrected chi connectivity index (χ3v) is 3.42. The maximum absolute atomic E-state index is 12.3. The fourth-order valence-corrected chi connectivity index (χ4v) is 2.39. The molecule has 0 unspecified atom stereocenters. The van der Waals surface area contributed by atoms with E-state index >= 15 is 0 Å². The van der Waals surface area contributed by atoms with Gasteiger partial charge in [-0.2, -0.15) is 5.10 Å². The van der Waals surface area contributed by atoms with Crippen LogP contribution in [0.15, 0.2) is 30.5 Å². The number of carbonyl (C=O) groups excluding carboxylic acids is 1. The molecule has 2 aromatic heterocycles. The van der Waals surface area contributed by atoms with Gasteiger partial charge in [0.2, 0.25) is 5.91 Å². The first kappa shape index (κ1) is 12.8. The highest BCUT2D eigenvalue weighted by Crippen LogP contribution is 2.14. The molecule has 104 valence electrons. The molecule has 3 heterocycles. The van der Waals surface area contributed by atoms with E-state index < -0.39 is 0 Å². The normalized spacial score (nSPS) is 14.2. The van der Waals surface area contributed by atoms with Gasteiger partial charge in [0.1, 0.15) is 0 Å². The zero-order valence-electron chi connectivity index (χ0n) is 11.1. The Labute approximate surface area is 116 Å². The third-order valence-electron chi connectivity index (χ3n) is 3.42. The summed E-state index contributed by atoms with van der Waals surface area (Å²) in [5.41, 5.74) is 2.40. The quantitative estimate of drug-likeness (QED) is 0.875. The summed E-state index contributed by atoms with van der Waals surface area (Å²) in [5, 5.41) is 13.4. The molecule has 0 saturated heterocycles. The molecule has 0 atom stereocenters. The molecule has 0 aromatic carbocycles.